The summed E-state index contributed by atoms with van der Waals surface area (Å²) < 4.78 is 7.96. The molecule has 1 unspecified atom stereocenters. The van der Waals surface area contributed by atoms with Crippen molar-refractivity contribution in [3.63, 3.8) is 0 Å². The Morgan fingerprint density at radius 2 is 1.95 bits per heavy atom. The molecule has 0 spiro atoms. The fourth-order valence-corrected chi connectivity index (χ4v) is 3.21. The lowest BCUT2D eigenvalue weighted by atomic mass is 9.94. The largest absolute Gasteiger partial charge is 0.485 e. The van der Waals surface area contributed by atoms with Crippen molar-refractivity contribution in [2.24, 2.45) is 5.73 Å². The van der Waals surface area contributed by atoms with Crippen LogP contribution in [-0.4, -0.2) is 0 Å². The summed E-state index contributed by atoms with van der Waals surface area (Å²) in [6, 6.07) is 11.8. The van der Waals surface area contributed by atoms with E-state index in [2.05, 4.69) is 31.9 Å². The molecule has 1 heterocycles. The molecule has 0 fully saturated rings. The minimum atomic E-state index is -0.0655. The van der Waals surface area contributed by atoms with Crippen LogP contribution >= 0.6 is 43.5 Å². The van der Waals surface area contributed by atoms with E-state index >= 15 is 0 Å². The molecule has 104 valence electrons. The van der Waals surface area contributed by atoms with Crippen LogP contribution in [0.1, 0.15) is 29.7 Å². The van der Waals surface area contributed by atoms with E-state index in [9.17, 15) is 0 Å². The molecule has 0 saturated carbocycles. The van der Waals surface area contributed by atoms with Crippen LogP contribution in [0.5, 0.6) is 5.75 Å². The first-order chi connectivity index (χ1) is 9.54. The van der Waals surface area contributed by atoms with Gasteiger partial charge in [-0.25, -0.2) is 0 Å². The molecule has 0 amide bonds. The van der Waals surface area contributed by atoms with E-state index in [0.717, 1.165) is 32.2 Å². The summed E-state index contributed by atoms with van der Waals surface area (Å²) in [5.74, 6) is 0.844. The Hall–Kier alpha value is -0.550. The first-order valence-electron chi connectivity index (χ1n) is 6.21. The number of ether oxygens (including phenoxy) is 1. The first-order valence-corrected chi connectivity index (χ1v) is 8.17. The molecule has 0 bridgehead atoms. The molecular weight excluding hydrogens is 405 g/mol. The molecule has 2 atom stereocenters. The summed E-state index contributed by atoms with van der Waals surface area (Å²) in [6.07, 6.45) is 0.672. The lowest BCUT2D eigenvalue weighted by molar-refractivity contribution is 0.161. The SMILES string of the molecule is N[C@H]1CC(c2ccc(Br)c(Cl)c2)Oc2ccc(Br)cc21. The van der Waals surface area contributed by atoms with Crippen molar-refractivity contribution in [2.75, 3.05) is 0 Å². The minimum Gasteiger partial charge on any atom is -0.485 e. The van der Waals surface area contributed by atoms with Crippen LogP contribution in [0.3, 0.4) is 0 Å². The van der Waals surface area contributed by atoms with Crippen molar-refractivity contribution in [1.82, 2.24) is 0 Å². The van der Waals surface area contributed by atoms with E-state index < -0.39 is 0 Å². The highest BCUT2D eigenvalue weighted by Crippen LogP contribution is 2.41. The Morgan fingerprint density at radius 1 is 1.15 bits per heavy atom. The highest BCUT2D eigenvalue weighted by Gasteiger charge is 2.27. The molecule has 5 heteroatoms. The maximum absolute atomic E-state index is 6.27. The standard InChI is InChI=1S/C15H12Br2ClNO/c16-9-2-4-14-10(6-9)13(19)7-15(20-14)8-1-3-11(17)12(18)5-8/h1-6,13,15H,7,19H2/t13-,15?/m0/s1. The van der Waals surface area contributed by atoms with E-state index in [1.165, 1.54) is 0 Å². The summed E-state index contributed by atoms with van der Waals surface area (Å²) in [7, 11) is 0. The molecule has 0 radical (unpaired) electrons. The molecule has 2 aromatic rings. The lowest BCUT2D eigenvalue weighted by Gasteiger charge is -2.30. The normalized spacial score (nSPS) is 21.2. The van der Waals surface area contributed by atoms with Gasteiger partial charge in [-0.15, -0.1) is 0 Å². The molecule has 1 aliphatic heterocycles. The Bertz CT molecular complexity index is 662. The second kappa shape index (κ2) is 5.68. The zero-order valence-corrected chi connectivity index (χ0v) is 14.4. The molecule has 3 rings (SSSR count). The van der Waals surface area contributed by atoms with Gasteiger partial charge in [0.2, 0.25) is 0 Å². The van der Waals surface area contributed by atoms with Gasteiger partial charge in [0.25, 0.3) is 0 Å². The monoisotopic (exact) mass is 415 g/mol. The predicted octanol–water partition coefficient (Wildman–Crippen LogP) is 5.39. The molecule has 0 aliphatic carbocycles. The van der Waals surface area contributed by atoms with Gasteiger partial charge in [0.05, 0.1) is 5.02 Å². The van der Waals surface area contributed by atoms with Crippen LogP contribution in [0.4, 0.5) is 0 Å². The van der Waals surface area contributed by atoms with Gasteiger partial charge in [-0.3, -0.25) is 0 Å². The van der Waals surface area contributed by atoms with Crippen molar-refractivity contribution >= 4 is 43.5 Å². The smallest absolute Gasteiger partial charge is 0.126 e. The average molecular weight is 418 g/mol. The van der Waals surface area contributed by atoms with E-state index in [0.29, 0.717) is 5.02 Å². The number of hydrogen-bond acceptors (Lipinski definition) is 2. The number of fused-ring (bicyclic) bond motifs is 1. The van der Waals surface area contributed by atoms with Crippen molar-refractivity contribution in [3.8, 4) is 5.75 Å². The number of benzene rings is 2. The Labute approximate surface area is 139 Å². The summed E-state index contributed by atoms with van der Waals surface area (Å²) in [6.45, 7) is 0. The molecule has 2 N–H and O–H groups in total. The fourth-order valence-electron chi connectivity index (χ4n) is 2.39. The molecule has 0 aromatic heterocycles. The van der Waals surface area contributed by atoms with Crippen molar-refractivity contribution in [1.29, 1.82) is 0 Å². The fraction of sp³-hybridized carbons (Fsp3) is 0.200. The molecular formula is C15H12Br2ClNO. The van der Waals surface area contributed by atoms with Crippen LogP contribution in [0.2, 0.25) is 5.02 Å². The van der Waals surface area contributed by atoms with Gasteiger partial charge in [0.1, 0.15) is 11.9 Å². The number of nitrogens with two attached hydrogens (primary N) is 1. The second-order valence-electron chi connectivity index (χ2n) is 4.80. The van der Waals surface area contributed by atoms with Crippen LogP contribution < -0.4 is 10.5 Å². The van der Waals surface area contributed by atoms with E-state index in [1.54, 1.807) is 0 Å². The van der Waals surface area contributed by atoms with Crippen LogP contribution in [0, 0.1) is 0 Å². The Kier molecular flexibility index (Phi) is 4.09. The Morgan fingerprint density at radius 3 is 2.70 bits per heavy atom. The maximum Gasteiger partial charge on any atom is 0.126 e. The van der Waals surface area contributed by atoms with Gasteiger partial charge in [0, 0.05) is 27.0 Å². The summed E-state index contributed by atoms with van der Waals surface area (Å²) in [5, 5.41) is 0.682. The van der Waals surface area contributed by atoms with Crippen LogP contribution in [-0.2, 0) is 0 Å². The van der Waals surface area contributed by atoms with Gasteiger partial charge in [-0.2, -0.15) is 0 Å². The first kappa shape index (κ1) is 14.4. The second-order valence-corrected chi connectivity index (χ2v) is 6.98. The van der Waals surface area contributed by atoms with E-state index in [-0.39, 0.29) is 12.1 Å². The average Bonchev–Trinajstić information content (AvgIpc) is 2.42. The summed E-state index contributed by atoms with van der Waals surface area (Å²) in [5.41, 5.74) is 8.35. The predicted molar refractivity (Wildman–Crippen MR) is 88.2 cm³/mol. The van der Waals surface area contributed by atoms with Crippen molar-refractivity contribution in [2.45, 2.75) is 18.6 Å². The van der Waals surface area contributed by atoms with Crippen LogP contribution in [0.25, 0.3) is 0 Å². The maximum atomic E-state index is 6.27. The van der Waals surface area contributed by atoms with Crippen LogP contribution in [0.15, 0.2) is 45.3 Å². The number of rotatable bonds is 1. The summed E-state index contributed by atoms with van der Waals surface area (Å²) in [4.78, 5) is 0. The third kappa shape index (κ3) is 2.75. The van der Waals surface area contributed by atoms with Gasteiger partial charge in [-0.05, 0) is 51.8 Å². The third-order valence-electron chi connectivity index (χ3n) is 3.42. The van der Waals surface area contributed by atoms with Crippen molar-refractivity contribution < 1.29 is 4.74 Å². The van der Waals surface area contributed by atoms with Gasteiger partial charge >= 0.3 is 0 Å². The van der Waals surface area contributed by atoms with Gasteiger partial charge in [-0.1, -0.05) is 33.6 Å². The van der Waals surface area contributed by atoms with E-state index in [1.807, 2.05) is 36.4 Å². The van der Waals surface area contributed by atoms with Gasteiger partial charge in [0.15, 0.2) is 0 Å². The topological polar surface area (TPSA) is 35.2 Å². The quantitative estimate of drug-likeness (QED) is 0.675. The highest BCUT2D eigenvalue weighted by molar-refractivity contribution is 9.10. The molecule has 2 nitrogen and oxygen atoms in total. The van der Waals surface area contributed by atoms with Crippen molar-refractivity contribution in [3.05, 3.63) is 61.5 Å². The summed E-state index contributed by atoms with van der Waals surface area (Å²) >= 11 is 13.0. The highest BCUT2D eigenvalue weighted by atomic mass is 79.9. The minimum absolute atomic E-state index is 0.0383. The molecule has 2 aromatic carbocycles. The zero-order chi connectivity index (χ0) is 14.3. The third-order valence-corrected chi connectivity index (χ3v) is 5.15. The Balaban J connectivity index is 1.94. The molecule has 20 heavy (non-hydrogen) atoms. The molecule has 0 saturated heterocycles. The van der Waals surface area contributed by atoms with Gasteiger partial charge < -0.3 is 10.5 Å². The number of hydrogen-bond donors (Lipinski definition) is 1. The lowest BCUT2D eigenvalue weighted by Crippen LogP contribution is -2.24. The number of halogens is 3. The zero-order valence-electron chi connectivity index (χ0n) is 10.4. The molecule has 1 aliphatic rings. The van der Waals surface area contributed by atoms with E-state index in [4.69, 9.17) is 22.1 Å².